The zero-order valence-electron chi connectivity index (χ0n) is 11.7. The number of alkyl halides is 1. The van der Waals surface area contributed by atoms with E-state index < -0.39 is 4.92 Å². The van der Waals surface area contributed by atoms with Crippen molar-refractivity contribution in [2.45, 2.75) is 19.3 Å². The van der Waals surface area contributed by atoms with E-state index in [1.165, 1.54) is 6.07 Å². The van der Waals surface area contributed by atoms with Crippen LogP contribution in [0.2, 0.25) is 0 Å². The first kappa shape index (κ1) is 15.4. The van der Waals surface area contributed by atoms with Gasteiger partial charge in [0.1, 0.15) is 5.82 Å². The van der Waals surface area contributed by atoms with Crippen molar-refractivity contribution >= 4 is 17.3 Å². The largest absolute Gasteiger partial charge is 0.383 e. The fraction of sp³-hybridized carbons (Fsp3) is 0.385. The Labute approximate surface area is 126 Å². The molecule has 1 aromatic heterocycles. The summed E-state index contributed by atoms with van der Waals surface area (Å²) in [6.45, 7) is 2.70. The van der Waals surface area contributed by atoms with Crippen molar-refractivity contribution in [2.24, 2.45) is 0 Å². The van der Waals surface area contributed by atoms with Crippen LogP contribution in [-0.2, 0) is 17.2 Å². The van der Waals surface area contributed by atoms with Crippen LogP contribution in [0.4, 0.5) is 5.69 Å². The fourth-order valence-corrected chi connectivity index (χ4v) is 2.21. The van der Waals surface area contributed by atoms with E-state index in [1.54, 1.807) is 26.2 Å². The van der Waals surface area contributed by atoms with Gasteiger partial charge in [-0.3, -0.25) is 10.1 Å². The quantitative estimate of drug-likeness (QED) is 0.465. The Kier molecular flexibility index (Phi) is 4.87. The van der Waals surface area contributed by atoms with Crippen molar-refractivity contribution in [2.75, 3.05) is 13.7 Å². The summed E-state index contributed by atoms with van der Waals surface area (Å²) in [5.41, 5.74) is 1.29. The number of halogens is 1. The number of aromatic nitrogens is 3. The molecular formula is C13H15ClN4O3. The number of nitrogens with zero attached hydrogens (tertiary/aromatic N) is 4. The van der Waals surface area contributed by atoms with E-state index in [4.69, 9.17) is 16.3 Å². The molecule has 0 N–H and O–H groups in total. The predicted molar refractivity (Wildman–Crippen MR) is 78.3 cm³/mol. The van der Waals surface area contributed by atoms with Gasteiger partial charge in [0.05, 0.1) is 17.4 Å². The highest BCUT2D eigenvalue weighted by Crippen LogP contribution is 2.26. The van der Waals surface area contributed by atoms with Gasteiger partial charge in [-0.2, -0.15) is 0 Å². The normalized spacial score (nSPS) is 10.8. The van der Waals surface area contributed by atoms with Gasteiger partial charge in [-0.05, 0) is 6.92 Å². The molecule has 0 amide bonds. The minimum atomic E-state index is -0.406. The van der Waals surface area contributed by atoms with Gasteiger partial charge in [0.25, 0.3) is 5.69 Å². The minimum Gasteiger partial charge on any atom is -0.383 e. The maximum absolute atomic E-state index is 11.0. The van der Waals surface area contributed by atoms with Gasteiger partial charge in [0.15, 0.2) is 5.82 Å². The van der Waals surface area contributed by atoms with Gasteiger partial charge < -0.3 is 9.30 Å². The van der Waals surface area contributed by atoms with Crippen LogP contribution in [0.5, 0.6) is 0 Å². The number of hydrogen-bond donors (Lipinski definition) is 0. The average Bonchev–Trinajstić information content (AvgIpc) is 2.88. The topological polar surface area (TPSA) is 83.1 Å². The zero-order valence-corrected chi connectivity index (χ0v) is 12.5. The fourth-order valence-electron chi connectivity index (χ4n) is 2.01. The Morgan fingerprint density at radius 1 is 1.43 bits per heavy atom. The molecule has 2 aromatic rings. The smallest absolute Gasteiger partial charge is 0.273 e. The first-order valence-electron chi connectivity index (χ1n) is 6.31. The monoisotopic (exact) mass is 310 g/mol. The Morgan fingerprint density at radius 2 is 2.19 bits per heavy atom. The molecule has 0 bridgehead atoms. The highest BCUT2D eigenvalue weighted by molar-refractivity contribution is 6.16. The van der Waals surface area contributed by atoms with Gasteiger partial charge in [-0.1, -0.05) is 12.1 Å². The number of benzene rings is 1. The molecule has 0 spiro atoms. The summed E-state index contributed by atoms with van der Waals surface area (Å²) in [7, 11) is 1.60. The number of rotatable bonds is 6. The Hall–Kier alpha value is -1.99. The third-order valence-electron chi connectivity index (χ3n) is 3.13. The molecule has 2 rings (SSSR count). The van der Waals surface area contributed by atoms with E-state index >= 15 is 0 Å². The summed E-state index contributed by atoms with van der Waals surface area (Å²) < 4.78 is 6.87. The van der Waals surface area contributed by atoms with Gasteiger partial charge in [0, 0.05) is 30.8 Å². The molecule has 8 heteroatoms. The third kappa shape index (κ3) is 3.20. The number of nitro groups is 1. The number of nitro benzene ring substituents is 1. The summed E-state index contributed by atoms with van der Waals surface area (Å²) in [6.07, 6.45) is 0. The van der Waals surface area contributed by atoms with Gasteiger partial charge in [-0.15, -0.1) is 21.8 Å². The predicted octanol–water partition coefficient (Wildman–Crippen LogP) is 2.55. The van der Waals surface area contributed by atoms with Gasteiger partial charge >= 0.3 is 0 Å². The summed E-state index contributed by atoms with van der Waals surface area (Å²) >= 11 is 5.85. The number of aryl methyl sites for hydroxylation is 1. The van der Waals surface area contributed by atoms with Crippen LogP contribution in [0.15, 0.2) is 18.2 Å². The summed E-state index contributed by atoms with van der Waals surface area (Å²) in [5.74, 6) is 1.36. The first-order valence-corrected chi connectivity index (χ1v) is 6.84. The number of ether oxygens (including phenoxy) is 1. The van der Waals surface area contributed by atoms with E-state index in [1.807, 2.05) is 4.57 Å². The maximum Gasteiger partial charge on any atom is 0.273 e. The van der Waals surface area contributed by atoms with Gasteiger partial charge in [0.2, 0.25) is 0 Å². The Bertz CT molecular complexity index is 657. The van der Waals surface area contributed by atoms with E-state index in [9.17, 15) is 10.1 Å². The summed E-state index contributed by atoms with van der Waals surface area (Å²) in [6, 6.07) is 4.98. The van der Waals surface area contributed by atoms with Crippen LogP contribution in [0.25, 0.3) is 11.4 Å². The van der Waals surface area contributed by atoms with Crippen molar-refractivity contribution < 1.29 is 9.66 Å². The molecule has 0 aliphatic carbocycles. The molecule has 7 nitrogen and oxygen atoms in total. The maximum atomic E-state index is 11.0. The Balaban J connectivity index is 2.48. The highest BCUT2D eigenvalue weighted by atomic mass is 35.5. The van der Waals surface area contributed by atoms with E-state index in [0.29, 0.717) is 35.9 Å². The second-order valence-corrected chi connectivity index (χ2v) is 4.74. The van der Waals surface area contributed by atoms with Crippen molar-refractivity contribution in [1.29, 1.82) is 0 Å². The SMILES string of the molecule is COCCn1c(CCl)nnc1-c1ccc(C)c([N+](=O)[O-])c1. The van der Waals surface area contributed by atoms with Crippen LogP contribution < -0.4 is 0 Å². The molecule has 0 aliphatic rings. The molecular weight excluding hydrogens is 296 g/mol. The molecule has 21 heavy (non-hydrogen) atoms. The molecule has 0 aliphatic heterocycles. The molecule has 0 atom stereocenters. The molecule has 112 valence electrons. The van der Waals surface area contributed by atoms with Crippen LogP contribution in [0.1, 0.15) is 11.4 Å². The molecule has 0 unspecified atom stereocenters. The minimum absolute atomic E-state index is 0.0567. The van der Waals surface area contributed by atoms with Crippen LogP contribution in [-0.4, -0.2) is 33.4 Å². The average molecular weight is 311 g/mol. The molecule has 0 radical (unpaired) electrons. The lowest BCUT2D eigenvalue weighted by Crippen LogP contribution is -2.09. The van der Waals surface area contributed by atoms with Crippen molar-refractivity contribution in [1.82, 2.24) is 14.8 Å². The second kappa shape index (κ2) is 6.64. The zero-order chi connectivity index (χ0) is 15.4. The Morgan fingerprint density at radius 3 is 2.81 bits per heavy atom. The standard InChI is InChI=1S/C13H15ClN4O3/c1-9-3-4-10(7-11(9)18(19)20)13-16-15-12(8-14)17(13)5-6-21-2/h3-4,7H,5-6,8H2,1-2H3. The molecule has 0 fully saturated rings. The molecule has 1 aromatic carbocycles. The van der Waals surface area contributed by atoms with Crippen LogP contribution in [0, 0.1) is 17.0 Å². The van der Waals surface area contributed by atoms with E-state index in [0.717, 1.165) is 0 Å². The van der Waals surface area contributed by atoms with Crippen LogP contribution >= 0.6 is 11.6 Å². The van der Waals surface area contributed by atoms with E-state index in [2.05, 4.69) is 10.2 Å². The third-order valence-corrected chi connectivity index (χ3v) is 3.37. The second-order valence-electron chi connectivity index (χ2n) is 4.48. The number of hydrogen-bond acceptors (Lipinski definition) is 5. The van der Waals surface area contributed by atoms with Gasteiger partial charge in [-0.25, -0.2) is 0 Å². The summed E-state index contributed by atoms with van der Waals surface area (Å²) in [4.78, 5) is 10.6. The molecule has 0 saturated carbocycles. The molecule has 0 saturated heterocycles. The van der Waals surface area contributed by atoms with E-state index in [-0.39, 0.29) is 11.6 Å². The van der Waals surface area contributed by atoms with Crippen molar-refractivity contribution in [3.8, 4) is 11.4 Å². The first-order chi connectivity index (χ1) is 10.1. The van der Waals surface area contributed by atoms with Crippen molar-refractivity contribution in [3.63, 3.8) is 0 Å². The lowest BCUT2D eigenvalue weighted by Gasteiger charge is -2.09. The lowest BCUT2D eigenvalue weighted by molar-refractivity contribution is -0.385. The lowest BCUT2D eigenvalue weighted by atomic mass is 10.1. The van der Waals surface area contributed by atoms with Crippen molar-refractivity contribution in [3.05, 3.63) is 39.7 Å². The summed E-state index contributed by atoms with van der Waals surface area (Å²) in [5, 5.41) is 19.2. The van der Waals surface area contributed by atoms with Crippen LogP contribution in [0.3, 0.4) is 0 Å². The number of methoxy groups -OCH3 is 1. The molecule has 1 heterocycles. The highest BCUT2D eigenvalue weighted by Gasteiger charge is 2.17.